The second kappa shape index (κ2) is 5.90. The Morgan fingerprint density at radius 3 is 2.73 bits per heavy atom. The van der Waals surface area contributed by atoms with Crippen LogP contribution >= 0.6 is 11.8 Å². The summed E-state index contributed by atoms with van der Waals surface area (Å²) < 4.78 is 5.22. The van der Waals surface area contributed by atoms with Gasteiger partial charge in [0.05, 0.1) is 0 Å². The molecule has 0 saturated carbocycles. The van der Waals surface area contributed by atoms with E-state index in [1.54, 1.807) is 20.8 Å². The summed E-state index contributed by atoms with van der Waals surface area (Å²) in [4.78, 5) is 41.2. The first kappa shape index (κ1) is 16.2. The van der Waals surface area contributed by atoms with E-state index in [9.17, 15) is 14.4 Å². The fourth-order valence-electron chi connectivity index (χ4n) is 1.98. The monoisotopic (exact) mass is 325 g/mol. The van der Waals surface area contributed by atoms with Crippen LogP contribution in [0.15, 0.2) is 15.1 Å². The quantitative estimate of drug-likeness (QED) is 0.428. The Hall–Kier alpha value is -2.19. The lowest BCUT2D eigenvalue weighted by molar-refractivity contribution is -0.156. The predicted octanol–water partition coefficient (Wildman–Crippen LogP) is -0.382. The highest BCUT2D eigenvalue weighted by Crippen LogP contribution is 2.35. The molecule has 2 aliphatic heterocycles. The number of hydrogen-bond acceptors (Lipinski definition) is 9. The molecule has 0 fully saturated rings. The number of esters is 1. The highest BCUT2D eigenvalue weighted by molar-refractivity contribution is 8.14. The van der Waals surface area contributed by atoms with E-state index in [1.807, 2.05) is 0 Å². The van der Waals surface area contributed by atoms with Gasteiger partial charge in [0, 0.05) is 0 Å². The molecular formula is C12H15N5O4S. The van der Waals surface area contributed by atoms with Crippen molar-refractivity contribution < 1.29 is 19.1 Å². The molecule has 2 atom stereocenters. The number of amidine groups is 1. The minimum Gasteiger partial charge on any atom is -0.459 e. The highest BCUT2D eigenvalue weighted by atomic mass is 32.2. The summed E-state index contributed by atoms with van der Waals surface area (Å²) in [5, 5.41) is 5.14. The fourth-order valence-corrected chi connectivity index (χ4v) is 3.02. The Balaban J connectivity index is 2.15. The minimum absolute atomic E-state index is 0.0251. The van der Waals surface area contributed by atoms with Crippen molar-refractivity contribution in [3.8, 4) is 0 Å². The Morgan fingerprint density at radius 1 is 1.50 bits per heavy atom. The molecule has 118 valence electrons. The number of nitrogens with zero attached hydrogens (tertiary/aromatic N) is 4. The Bertz CT molecular complexity index is 617. The number of carbonyl (C=O) groups excluding carboxylic acids is 3. The zero-order valence-electron chi connectivity index (χ0n) is 12.3. The van der Waals surface area contributed by atoms with Crippen LogP contribution in [-0.4, -0.2) is 57.4 Å². The number of primary amides is 1. The van der Waals surface area contributed by atoms with Crippen molar-refractivity contribution in [3.63, 3.8) is 0 Å². The van der Waals surface area contributed by atoms with E-state index in [2.05, 4.69) is 15.1 Å². The third kappa shape index (κ3) is 3.52. The lowest BCUT2D eigenvalue weighted by atomic mass is 10.2. The van der Waals surface area contributed by atoms with Gasteiger partial charge in [-0.1, -0.05) is 11.8 Å². The first-order valence-electron chi connectivity index (χ1n) is 6.40. The van der Waals surface area contributed by atoms with Crippen molar-refractivity contribution in [2.45, 2.75) is 37.8 Å². The fraction of sp³-hybridized carbons (Fsp3) is 0.583. The van der Waals surface area contributed by atoms with Crippen molar-refractivity contribution in [2.24, 2.45) is 20.8 Å². The molecular weight excluding hydrogens is 310 g/mol. The van der Waals surface area contributed by atoms with E-state index in [4.69, 9.17) is 10.5 Å². The molecule has 0 radical (unpaired) electrons. The average Bonchev–Trinajstić information content (AvgIpc) is 2.87. The lowest BCUT2D eigenvalue weighted by Gasteiger charge is -2.24. The van der Waals surface area contributed by atoms with Crippen molar-refractivity contribution in [2.75, 3.05) is 6.54 Å². The number of rotatable bonds is 3. The second-order valence-electron chi connectivity index (χ2n) is 5.60. The number of aliphatic imine (C=N–C) groups is 2. The van der Waals surface area contributed by atoms with Crippen LogP contribution in [0.5, 0.6) is 0 Å². The highest BCUT2D eigenvalue weighted by Gasteiger charge is 2.46. The molecule has 1 amide bonds. The van der Waals surface area contributed by atoms with Gasteiger partial charge in [0.25, 0.3) is 5.91 Å². The molecule has 0 aromatic heterocycles. The van der Waals surface area contributed by atoms with Gasteiger partial charge in [0.15, 0.2) is 10.9 Å². The maximum Gasteiger partial charge on any atom is 0.327 e. The normalized spacial score (nSPS) is 23.3. The van der Waals surface area contributed by atoms with Gasteiger partial charge in [-0.05, 0) is 20.8 Å². The number of thioether (sulfide) groups is 1. The Labute approximate surface area is 130 Å². The van der Waals surface area contributed by atoms with Crippen LogP contribution in [0.2, 0.25) is 0 Å². The number of carbonyl (C=O) groups is 2. The van der Waals surface area contributed by atoms with Crippen molar-refractivity contribution in [1.29, 1.82) is 0 Å². The van der Waals surface area contributed by atoms with Crippen LogP contribution in [0.3, 0.4) is 0 Å². The van der Waals surface area contributed by atoms with Gasteiger partial charge in [-0.25, -0.2) is 9.79 Å². The number of ether oxygens (including phenoxy) is 1. The third-order valence-electron chi connectivity index (χ3n) is 2.66. The number of isocyanates is 1. The summed E-state index contributed by atoms with van der Waals surface area (Å²) in [5.41, 5.74) is 4.67. The van der Waals surface area contributed by atoms with Gasteiger partial charge in [0.2, 0.25) is 6.08 Å². The summed E-state index contributed by atoms with van der Waals surface area (Å²) in [5.74, 6) is -1.23. The molecule has 0 aromatic rings. The minimum atomic E-state index is -0.734. The van der Waals surface area contributed by atoms with Crippen LogP contribution in [0, 0.1) is 0 Å². The van der Waals surface area contributed by atoms with Gasteiger partial charge in [-0.2, -0.15) is 5.10 Å². The molecule has 0 bridgehead atoms. The lowest BCUT2D eigenvalue weighted by Crippen LogP contribution is -2.38. The Kier molecular flexibility index (Phi) is 4.34. The van der Waals surface area contributed by atoms with Crippen LogP contribution < -0.4 is 5.73 Å². The second-order valence-corrected chi connectivity index (χ2v) is 6.69. The van der Waals surface area contributed by atoms with Gasteiger partial charge in [-0.3, -0.25) is 14.6 Å². The molecule has 2 rings (SSSR count). The van der Waals surface area contributed by atoms with E-state index in [-0.39, 0.29) is 17.4 Å². The zero-order valence-corrected chi connectivity index (χ0v) is 13.1. The number of nitrogens with two attached hydrogens (primary N) is 1. The summed E-state index contributed by atoms with van der Waals surface area (Å²) in [6.45, 7) is 5.09. The summed E-state index contributed by atoms with van der Waals surface area (Å²) in [6.07, 6.45) is 1.39. The summed E-state index contributed by atoms with van der Waals surface area (Å²) in [6, 6.07) is -0.656. The molecule has 9 nitrogen and oxygen atoms in total. The van der Waals surface area contributed by atoms with E-state index in [0.717, 1.165) is 11.8 Å². The van der Waals surface area contributed by atoms with Gasteiger partial charge in [0.1, 0.15) is 23.6 Å². The smallest absolute Gasteiger partial charge is 0.327 e. The number of hydrazone groups is 1. The number of fused-ring (bicyclic) bond motifs is 1. The molecule has 2 aliphatic rings. The van der Waals surface area contributed by atoms with Crippen molar-refractivity contribution >= 4 is 40.6 Å². The molecule has 0 spiro atoms. The number of hydrogen-bond donors (Lipinski definition) is 1. The first-order chi connectivity index (χ1) is 10.2. The topological polar surface area (TPSA) is 127 Å². The van der Waals surface area contributed by atoms with Gasteiger partial charge < -0.3 is 10.5 Å². The van der Waals surface area contributed by atoms with Crippen LogP contribution in [-0.2, 0) is 19.1 Å². The maximum absolute atomic E-state index is 11.9. The molecule has 22 heavy (non-hydrogen) atoms. The van der Waals surface area contributed by atoms with E-state index in [0.29, 0.717) is 0 Å². The van der Waals surface area contributed by atoms with Gasteiger partial charge in [-0.15, -0.1) is 4.99 Å². The SMILES string of the molecule is CC(C)(C)OC(=O)CN1N=C(C(N)=O)C2N=C(N=C=O)SC21. The summed E-state index contributed by atoms with van der Waals surface area (Å²) >= 11 is 1.11. The standard InChI is InChI=1S/C12H15N5O4S/c1-12(2,3)21-6(19)4-17-10-8(7(16-17)9(13)20)15-11(22-10)14-5-18/h8,10H,4H2,1-3H3,(H2,13,20). The van der Waals surface area contributed by atoms with Gasteiger partial charge >= 0.3 is 5.97 Å². The molecule has 10 heteroatoms. The predicted molar refractivity (Wildman–Crippen MR) is 79.9 cm³/mol. The molecule has 2 N–H and O–H groups in total. The Morgan fingerprint density at radius 2 is 2.18 bits per heavy atom. The van der Waals surface area contributed by atoms with E-state index >= 15 is 0 Å². The summed E-state index contributed by atoms with van der Waals surface area (Å²) in [7, 11) is 0. The molecule has 0 aliphatic carbocycles. The molecule has 0 saturated heterocycles. The van der Waals surface area contributed by atoms with E-state index in [1.165, 1.54) is 11.1 Å². The largest absolute Gasteiger partial charge is 0.459 e. The molecule has 0 aromatic carbocycles. The van der Waals surface area contributed by atoms with Crippen LogP contribution in [0.1, 0.15) is 20.8 Å². The first-order valence-corrected chi connectivity index (χ1v) is 7.28. The zero-order chi connectivity index (χ0) is 16.5. The third-order valence-corrected chi connectivity index (χ3v) is 3.81. The van der Waals surface area contributed by atoms with E-state index < -0.39 is 28.9 Å². The van der Waals surface area contributed by atoms with Crippen molar-refractivity contribution in [1.82, 2.24) is 5.01 Å². The van der Waals surface area contributed by atoms with Crippen LogP contribution in [0.4, 0.5) is 0 Å². The maximum atomic E-state index is 11.9. The van der Waals surface area contributed by atoms with Crippen LogP contribution in [0.25, 0.3) is 0 Å². The average molecular weight is 325 g/mol. The van der Waals surface area contributed by atoms with Crippen molar-refractivity contribution in [3.05, 3.63) is 0 Å². The molecule has 2 unspecified atom stereocenters. The molecule has 2 heterocycles. The number of amides is 1.